The van der Waals surface area contributed by atoms with Gasteiger partial charge in [0.2, 0.25) is 17.6 Å². The largest absolute Gasteiger partial charge is 0.493 e. The summed E-state index contributed by atoms with van der Waals surface area (Å²) in [6.45, 7) is 3.40. The van der Waals surface area contributed by atoms with Gasteiger partial charge in [-0.15, -0.1) is 0 Å². The van der Waals surface area contributed by atoms with Crippen molar-refractivity contribution in [2.75, 3.05) is 47.6 Å². The summed E-state index contributed by atoms with van der Waals surface area (Å²) in [5, 5.41) is 7.09. The number of hydrogen-bond donors (Lipinski definition) is 1. The van der Waals surface area contributed by atoms with Crippen molar-refractivity contribution >= 4 is 5.91 Å². The number of likely N-dealkylation sites (tertiary alicyclic amines) is 1. The Balaban J connectivity index is 1.57. The summed E-state index contributed by atoms with van der Waals surface area (Å²) >= 11 is 0. The third-order valence-corrected chi connectivity index (χ3v) is 5.17. The highest BCUT2D eigenvalue weighted by Crippen LogP contribution is 2.31. The molecular weight excluding hydrogens is 388 g/mol. The van der Waals surface area contributed by atoms with Gasteiger partial charge >= 0.3 is 0 Å². The summed E-state index contributed by atoms with van der Waals surface area (Å²) in [6, 6.07) is 5.49. The van der Waals surface area contributed by atoms with Crippen molar-refractivity contribution in [3.8, 4) is 22.9 Å². The standard InChI is InChI=1S/C21H30N4O5/c1-27-11-5-9-22-21(26)16-6-4-10-25(13-16)14-19-23-20(24-30-19)15-7-8-17(28-2)18(12-15)29-3/h7-8,12,16H,4-6,9-11,13-14H2,1-3H3,(H,22,26)/t16-/m1/s1. The number of ether oxygens (including phenoxy) is 3. The third kappa shape index (κ3) is 5.70. The highest BCUT2D eigenvalue weighted by Gasteiger charge is 2.26. The van der Waals surface area contributed by atoms with Crippen molar-refractivity contribution in [2.24, 2.45) is 5.92 Å². The number of nitrogens with one attached hydrogen (secondary N) is 1. The highest BCUT2D eigenvalue weighted by molar-refractivity contribution is 5.78. The average Bonchev–Trinajstić information content (AvgIpc) is 3.24. The summed E-state index contributed by atoms with van der Waals surface area (Å²) in [4.78, 5) is 19.1. The van der Waals surface area contributed by atoms with Gasteiger partial charge in [-0.05, 0) is 44.0 Å². The average molecular weight is 418 g/mol. The Bertz CT molecular complexity index is 825. The molecule has 3 rings (SSSR count). The van der Waals surface area contributed by atoms with E-state index in [0.29, 0.717) is 49.5 Å². The van der Waals surface area contributed by atoms with Crippen LogP contribution in [0.5, 0.6) is 11.5 Å². The van der Waals surface area contributed by atoms with E-state index in [1.165, 1.54) is 0 Å². The summed E-state index contributed by atoms with van der Waals surface area (Å²) in [5.41, 5.74) is 0.787. The van der Waals surface area contributed by atoms with E-state index in [1.807, 2.05) is 18.2 Å². The Morgan fingerprint density at radius 2 is 2.10 bits per heavy atom. The first-order valence-electron chi connectivity index (χ1n) is 10.2. The van der Waals surface area contributed by atoms with Crippen molar-refractivity contribution in [2.45, 2.75) is 25.8 Å². The molecule has 2 heterocycles. The highest BCUT2D eigenvalue weighted by atomic mass is 16.5. The van der Waals surface area contributed by atoms with Crippen LogP contribution in [0.2, 0.25) is 0 Å². The molecule has 0 aliphatic carbocycles. The molecule has 9 heteroatoms. The van der Waals surface area contributed by atoms with E-state index in [4.69, 9.17) is 18.7 Å². The van der Waals surface area contributed by atoms with Crippen LogP contribution in [0, 0.1) is 5.92 Å². The third-order valence-electron chi connectivity index (χ3n) is 5.17. The number of nitrogens with zero attached hydrogens (tertiary/aromatic N) is 3. The molecule has 1 aromatic heterocycles. The number of carbonyl (C=O) groups excluding carboxylic acids is 1. The van der Waals surface area contributed by atoms with Gasteiger partial charge in [0.15, 0.2) is 11.5 Å². The van der Waals surface area contributed by atoms with Gasteiger partial charge in [0, 0.05) is 32.4 Å². The maximum atomic E-state index is 12.4. The van der Waals surface area contributed by atoms with Gasteiger partial charge in [-0.3, -0.25) is 9.69 Å². The second-order valence-electron chi connectivity index (χ2n) is 7.29. The molecule has 1 amide bonds. The number of piperidine rings is 1. The zero-order valence-electron chi connectivity index (χ0n) is 17.8. The Morgan fingerprint density at radius 1 is 1.27 bits per heavy atom. The number of benzene rings is 1. The lowest BCUT2D eigenvalue weighted by molar-refractivity contribution is -0.126. The van der Waals surface area contributed by atoms with Crippen LogP contribution in [-0.4, -0.2) is 68.5 Å². The molecule has 1 fully saturated rings. The molecule has 1 N–H and O–H groups in total. The number of hydrogen-bond acceptors (Lipinski definition) is 8. The molecule has 0 spiro atoms. The molecule has 2 aromatic rings. The second kappa shape index (κ2) is 10.9. The molecule has 0 radical (unpaired) electrons. The monoisotopic (exact) mass is 418 g/mol. The maximum Gasteiger partial charge on any atom is 0.241 e. The fraction of sp³-hybridized carbons (Fsp3) is 0.571. The summed E-state index contributed by atoms with van der Waals surface area (Å²) in [6.07, 6.45) is 2.68. The Morgan fingerprint density at radius 3 is 2.87 bits per heavy atom. The smallest absolute Gasteiger partial charge is 0.241 e. The first kappa shape index (κ1) is 22.0. The topological polar surface area (TPSA) is 99.0 Å². The molecule has 164 valence electrons. The fourth-order valence-electron chi connectivity index (χ4n) is 3.59. The van der Waals surface area contributed by atoms with Crippen LogP contribution < -0.4 is 14.8 Å². The van der Waals surface area contributed by atoms with Gasteiger partial charge < -0.3 is 24.1 Å². The molecule has 1 saturated heterocycles. The van der Waals surface area contributed by atoms with Gasteiger partial charge in [-0.25, -0.2) is 0 Å². The lowest BCUT2D eigenvalue weighted by Gasteiger charge is -2.30. The Hall–Kier alpha value is -2.65. The molecule has 1 aromatic carbocycles. The molecule has 30 heavy (non-hydrogen) atoms. The number of carbonyl (C=O) groups is 1. The number of amides is 1. The summed E-state index contributed by atoms with van der Waals surface area (Å²) in [7, 11) is 4.84. The quantitative estimate of drug-likeness (QED) is 0.586. The van der Waals surface area contributed by atoms with Gasteiger partial charge in [-0.1, -0.05) is 5.16 Å². The predicted octanol–water partition coefficient (Wildman–Crippen LogP) is 2.12. The number of aromatic nitrogens is 2. The van der Waals surface area contributed by atoms with E-state index in [-0.39, 0.29) is 11.8 Å². The summed E-state index contributed by atoms with van der Waals surface area (Å²) in [5.74, 6) is 2.36. The zero-order valence-corrected chi connectivity index (χ0v) is 17.8. The molecule has 0 unspecified atom stereocenters. The SMILES string of the molecule is COCCCNC(=O)[C@@H]1CCCN(Cc2nc(-c3ccc(OC)c(OC)c3)no2)C1. The Labute approximate surface area is 176 Å². The van der Waals surface area contributed by atoms with E-state index < -0.39 is 0 Å². The van der Waals surface area contributed by atoms with Gasteiger partial charge in [-0.2, -0.15) is 4.98 Å². The molecule has 0 saturated carbocycles. The molecular formula is C21H30N4O5. The number of rotatable bonds is 10. The zero-order chi connectivity index (χ0) is 21.3. The molecule has 0 bridgehead atoms. The first-order chi connectivity index (χ1) is 14.6. The minimum absolute atomic E-state index is 0.0189. The van der Waals surface area contributed by atoms with E-state index in [2.05, 4.69) is 20.4 Å². The van der Waals surface area contributed by atoms with Crippen LogP contribution in [0.25, 0.3) is 11.4 Å². The minimum atomic E-state index is -0.0189. The fourth-order valence-corrected chi connectivity index (χ4v) is 3.59. The molecule has 1 aliphatic heterocycles. The summed E-state index contributed by atoms with van der Waals surface area (Å²) < 4.78 is 21.1. The van der Waals surface area contributed by atoms with Crippen LogP contribution in [-0.2, 0) is 16.1 Å². The minimum Gasteiger partial charge on any atom is -0.493 e. The van der Waals surface area contributed by atoms with Gasteiger partial charge in [0.25, 0.3) is 0 Å². The van der Waals surface area contributed by atoms with Crippen LogP contribution in [0.3, 0.4) is 0 Å². The van der Waals surface area contributed by atoms with E-state index in [0.717, 1.165) is 31.4 Å². The molecule has 1 aliphatic rings. The van der Waals surface area contributed by atoms with Crippen molar-refractivity contribution < 1.29 is 23.5 Å². The van der Waals surface area contributed by atoms with Gasteiger partial charge in [0.1, 0.15) is 0 Å². The number of methoxy groups -OCH3 is 3. The maximum absolute atomic E-state index is 12.4. The normalized spacial score (nSPS) is 17.0. The molecule has 1 atom stereocenters. The van der Waals surface area contributed by atoms with E-state index in [1.54, 1.807) is 21.3 Å². The van der Waals surface area contributed by atoms with Crippen molar-refractivity contribution in [1.82, 2.24) is 20.4 Å². The van der Waals surface area contributed by atoms with Crippen molar-refractivity contribution in [3.05, 3.63) is 24.1 Å². The first-order valence-corrected chi connectivity index (χ1v) is 10.2. The molecule has 9 nitrogen and oxygen atoms in total. The van der Waals surface area contributed by atoms with Crippen LogP contribution in [0.1, 0.15) is 25.2 Å². The lowest BCUT2D eigenvalue weighted by Crippen LogP contribution is -2.43. The van der Waals surface area contributed by atoms with Crippen LogP contribution >= 0.6 is 0 Å². The van der Waals surface area contributed by atoms with Crippen molar-refractivity contribution in [1.29, 1.82) is 0 Å². The Kier molecular flexibility index (Phi) is 8.04. The van der Waals surface area contributed by atoms with Crippen LogP contribution in [0.4, 0.5) is 0 Å². The van der Waals surface area contributed by atoms with Crippen LogP contribution in [0.15, 0.2) is 22.7 Å². The van der Waals surface area contributed by atoms with Crippen molar-refractivity contribution in [3.63, 3.8) is 0 Å². The van der Waals surface area contributed by atoms with E-state index >= 15 is 0 Å². The van der Waals surface area contributed by atoms with Gasteiger partial charge in [0.05, 0.1) is 26.7 Å². The van der Waals surface area contributed by atoms with E-state index in [9.17, 15) is 4.79 Å². The second-order valence-corrected chi connectivity index (χ2v) is 7.29. The lowest BCUT2D eigenvalue weighted by atomic mass is 9.97. The predicted molar refractivity (Wildman–Crippen MR) is 110 cm³/mol.